The van der Waals surface area contributed by atoms with Gasteiger partial charge in [0.15, 0.2) is 17.3 Å². The number of halogens is 3. The van der Waals surface area contributed by atoms with Crippen LogP contribution < -0.4 is 5.32 Å². The summed E-state index contributed by atoms with van der Waals surface area (Å²) < 4.78 is 42.8. The van der Waals surface area contributed by atoms with Crippen LogP contribution in [0.1, 0.15) is 54.1 Å². The molecule has 7 rings (SSSR count). The molecule has 2 fully saturated rings. The molecule has 15 heteroatoms. The van der Waals surface area contributed by atoms with E-state index < -0.39 is 23.8 Å². The highest BCUT2D eigenvalue weighted by atomic mass is 19.4. The average Bonchev–Trinajstić information content (AvgIpc) is 3.25. The number of rotatable bonds is 6. The molecule has 1 N–H and O–H groups in total. The van der Waals surface area contributed by atoms with Crippen LogP contribution in [0.4, 0.5) is 19.0 Å². The van der Waals surface area contributed by atoms with Crippen molar-refractivity contribution in [3.63, 3.8) is 0 Å². The van der Waals surface area contributed by atoms with Crippen molar-refractivity contribution in [1.29, 1.82) is 0 Å². The zero-order valence-corrected chi connectivity index (χ0v) is 25.3. The number of aromatic nitrogens is 7. The van der Waals surface area contributed by atoms with Gasteiger partial charge in [-0.2, -0.15) is 23.3 Å². The monoisotopic (exact) mass is 631 g/mol. The number of hydrogen-bond donors (Lipinski definition) is 1. The average molecular weight is 632 g/mol. The lowest BCUT2D eigenvalue weighted by Gasteiger charge is -2.27. The second-order valence-corrected chi connectivity index (χ2v) is 12.3. The van der Waals surface area contributed by atoms with Gasteiger partial charge in [-0.05, 0) is 62.3 Å². The normalized spacial score (nSPS) is 20.7. The lowest BCUT2D eigenvalue weighted by Crippen LogP contribution is -2.46. The van der Waals surface area contributed by atoms with Gasteiger partial charge in [-0.3, -0.25) is 19.4 Å². The molecule has 4 aromatic heterocycles. The summed E-state index contributed by atoms with van der Waals surface area (Å²) in [7, 11) is 0. The number of amides is 2. The highest BCUT2D eigenvalue weighted by Gasteiger charge is 2.64. The largest absolute Gasteiger partial charge is 0.434 e. The summed E-state index contributed by atoms with van der Waals surface area (Å²) in [6, 6.07) is 2.73. The van der Waals surface area contributed by atoms with Gasteiger partial charge >= 0.3 is 6.18 Å². The molecule has 3 atom stereocenters. The Morgan fingerprint density at radius 2 is 1.83 bits per heavy atom. The van der Waals surface area contributed by atoms with Crippen LogP contribution in [0.3, 0.4) is 0 Å². The van der Waals surface area contributed by atoms with Crippen LogP contribution in [0.15, 0.2) is 43.1 Å². The van der Waals surface area contributed by atoms with E-state index in [4.69, 9.17) is 0 Å². The van der Waals surface area contributed by atoms with Crippen LogP contribution in [-0.2, 0) is 22.3 Å². The van der Waals surface area contributed by atoms with E-state index in [0.717, 1.165) is 22.9 Å². The Kier molecular flexibility index (Phi) is 6.51. The van der Waals surface area contributed by atoms with E-state index in [-0.39, 0.29) is 35.5 Å². The van der Waals surface area contributed by atoms with Gasteiger partial charge < -0.3 is 14.8 Å². The van der Waals surface area contributed by atoms with Crippen LogP contribution in [-0.4, -0.2) is 68.7 Å². The number of aryl methyl sites for hydroxylation is 2. The van der Waals surface area contributed by atoms with Crippen molar-refractivity contribution in [2.24, 2.45) is 5.41 Å². The van der Waals surface area contributed by atoms with Crippen LogP contribution in [0.2, 0.25) is 0 Å². The number of carbonyl (C=O) groups is 3. The summed E-state index contributed by atoms with van der Waals surface area (Å²) in [5.74, 6) is -0.440. The third kappa shape index (κ3) is 4.95. The number of piperidine rings is 1. The van der Waals surface area contributed by atoms with Gasteiger partial charge in [0, 0.05) is 41.1 Å². The van der Waals surface area contributed by atoms with Gasteiger partial charge in [0.05, 0.1) is 17.9 Å². The van der Waals surface area contributed by atoms with E-state index in [1.165, 1.54) is 11.8 Å². The summed E-state index contributed by atoms with van der Waals surface area (Å²) in [4.78, 5) is 57.3. The third-order valence-electron chi connectivity index (χ3n) is 8.88. The van der Waals surface area contributed by atoms with Crippen LogP contribution in [0, 0.1) is 19.3 Å². The molecule has 5 aromatic rings. The number of likely N-dealkylation sites (tertiary alicyclic amines) is 1. The Hall–Kier alpha value is -5.21. The number of carbonyl (C=O) groups excluding carboxylic acids is 3. The molecule has 1 aromatic carbocycles. The summed E-state index contributed by atoms with van der Waals surface area (Å²) in [5.41, 5.74) is 2.02. The molecule has 2 amide bonds. The fourth-order valence-electron chi connectivity index (χ4n) is 6.62. The van der Waals surface area contributed by atoms with Crippen molar-refractivity contribution in [2.75, 3.05) is 5.32 Å². The van der Waals surface area contributed by atoms with Crippen molar-refractivity contribution in [1.82, 2.24) is 39.0 Å². The lowest BCUT2D eigenvalue weighted by molar-refractivity contribution is -0.141. The fraction of sp³-hybridized carbons (Fsp3) is 0.355. The molecule has 1 saturated heterocycles. The first kappa shape index (κ1) is 29.5. The van der Waals surface area contributed by atoms with Gasteiger partial charge in [0.25, 0.3) is 5.78 Å². The minimum Gasteiger partial charge on any atom is -0.337 e. The molecule has 1 aliphatic heterocycles. The number of fused-ring (bicyclic) bond motifs is 3. The number of benzene rings is 1. The Balaban J connectivity index is 1.19. The second-order valence-electron chi connectivity index (χ2n) is 12.3. The molecule has 1 aliphatic carbocycles. The molecule has 12 nitrogen and oxygen atoms in total. The highest BCUT2D eigenvalue weighted by molar-refractivity contribution is 6.09. The molecular weight excluding hydrogens is 603 g/mol. The predicted octanol–water partition coefficient (Wildman–Crippen LogP) is 4.39. The summed E-state index contributed by atoms with van der Waals surface area (Å²) in [6.07, 6.45) is 3.11. The topological polar surface area (TPSA) is 140 Å². The van der Waals surface area contributed by atoms with E-state index in [0.29, 0.717) is 47.1 Å². The van der Waals surface area contributed by atoms with E-state index in [1.54, 1.807) is 28.4 Å². The molecule has 1 saturated carbocycles. The van der Waals surface area contributed by atoms with E-state index in [2.05, 4.69) is 30.4 Å². The van der Waals surface area contributed by atoms with Crippen molar-refractivity contribution in [3.05, 3.63) is 65.8 Å². The first-order valence-electron chi connectivity index (χ1n) is 14.6. The van der Waals surface area contributed by atoms with E-state index >= 15 is 0 Å². The SMILES string of the molecule is CC(=O)c1cn(CC(=O)N2[C@H](C(=O)Nc3cncc(C(F)(F)F)n3)C[C@@]3(C)C[C@@H]23)c2c(C)cc(-c3cnc4nc(C)nn4c3)cc12. The molecule has 236 valence electrons. The molecular formula is C31H28F3N9O3. The number of nitrogens with zero attached hydrogens (tertiary/aromatic N) is 8. The van der Waals surface area contributed by atoms with Gasteiger partial charge in [-0.1, -0.05) is 6.92 Å². The first-order chi connectivity index (χ1) is 21.7. The zero-order chi connectivity index (χ0) is 32.7. The van der Waals surface area contributed by atoms with Gasteiger partial charge in [-0.25, -0.2) is 14.5 Å². The first-order valence-corrected chi connectivity index (χ1v) is 14.6. The molecule has 2 aliphatic rings. The summed E-state index contributed by atoms with van der Waals surface area (Å²) in [5, 5.41) is 7.43. The number of hydrogen-bond acceptors (Lipinski definition) is 8. The number of Topliss-reactive ketones (excluding diaryl/α,β-unsaturated/α-hetero) is 1. The van der Waals surface area contributed by atoms with Gasteiger partial charge in [0.1, 0.15) is 18.4 Å². The molecule has 0 radical (unpaired) electrons. The Morgan fingerprint density at radius 1 is 1.04 bits per heavy atom. The van der Waals surface area contributed by atoms with Crippen molar-refractivity contribution >= 4 is 40.1 Å². The molecule has 0 bridgehead atoms. The zero-order valence-electron chi connectivity index (χ0n) is 25.3. The summed E-state index contributed by atoms with van der Waals surface area (Å²) >= 11 is 0. The van der Waals surface area contributed by atoms with Crippen LogP contribution in [0.25, 0.3) is 27.8 Å². The van der Waals surface area contributed by atoms with Gasteiger partial charge in [-0.15, -0.1) is 0 Å². The quantitative estimate of drug-likeness (QED) is 0.272. The van der Waals surface area contributed by atoms with Crippen LogP contribution >= 0.6 is 0 Å². The lowest BCUT2D eigenvalue weighted by atomic mass is 10.0. The number of anilines is 1. The van der Waals surface area contributed by atoms with E-state index in [1.807, 2.05) is 32.2 Å². The minimum absolute atomic E-state index is 0.143. The van der Waals surface area contributed by atoms with Gasteiger partial charge in [0.2, 0.25) is 11.8 Å². The maximum atomic E-state index is 13.9. The minimum atomic E-state index is -4.73. The Bertz CT molecular complexity index is 2100. The number of nitrogens with one attached hydrogen (secondary N) is 1. The van der Waals surface area contributed by atoms with Crippen molar-refractivity contribution in [2.45, 2.75) is 65.3 Å². The summed E-state index contributed by atoms with van der Waals surface area (Å²) in [6.45, 7) is 6.96. The van der Waals surface area contributed by atoms with E-state index in [9.17, 15) is 27.6 Å². The Labute approximate surface area is 259 Å². The maximum Gasteiger partial charge on any atom is 0.434 e. The second kappa shape index (κ2) is 10.2. The maximum absolute atomic E-state index is 13.9. The van der Waals surface area contributed by atoms with Crippen molar-refractivity contribution < 1.29 is 27.6 Å². The smallest absolute Gasteiger partial charge is 0.337 e. The molecule has 46 heavy (non-hydrogen) atoms. The number of ketones is 1. The number of alkyl halides is 3. The highest BCUT2D eigenvalue weighted by Crippen LogP contribution is 2.59. The third-order valence-corrected chi connectivity index (χ3v) is 8.88. The Morgan fingerprint density at radius 3 is 2.57 bits per heavy atom. The molecule has 0 unspecified atom stereocenters. The predicted molar refractivity (Wildman–Crippen MR) is 159 cm³/mol. The molecule has 5 heterocycles. The molecule has 0 spiro atoms. The van der Waals surface area contributed by atoms with Crippen molar-refractivity contribution in [3.8, 4) is 11.1 Å². The van der Waals surface area contributed by atoms with Crippen LogP contribution in [0.5, 0.6) is 0 Å². The standard InChI is InChI=1S/C31H28F3N9O3/c1-15-5-18(19-9-36-29-37-17(3)40-42(29)12-19)6-20-21(16(2)44)13-41(27(15)20)14-26(45)43-22(7-30(4)8-24(30)43)28(46)39-25-11-35-10-23(38-25)31(32,33)34/h5-6,9-13,22,24H,7-8,14H2,1-4H3,(H,38,39,46)/t22-,24+,30-/m0/s1. The fourth-order valence-corrected chi connectivity index (χ4v) is 6.62.